The van der Waals surface area contributed by atoms with E-state index in [4.69, 9.17) is 0 Å². The van der Waals surface area contributed by atoms with Gasteiger partial charge < -0.3 is 5.32 Å². The second-order valence-corrected chi connectivity index (χ2v) is 3.60. The molecule has 2 rings (SSSR count). The number of aromatic nitrogens is 3. The van der Waals surface area contributed by atoms with Crippen LogP contribution in [-0.2, 0) is 0 Å². The molecule has 0 radical (unpaired) electrons. The molecule has 0 fully saturated rings. The molecule has 5 heteroatoms. The summed E-state index contributed by atoms with van der Waals surface area (Å²) in [5, 5.41) is 3.16. The SMILES string of the molecule is C=C/C=C(\N=C)c1cc(Nc2ccncc2)ncn1. The molecule has 19 heavy (non-hydrogen) atoms. The van der Waals surface area contributed by atoms with Crippen LogP contribution >= 0.6 is 0 Å². The monoisotopic (exact) mass is 251 g/mol. The molecule has 0 aliphatic carbocycles. The fourth-order valence-electron chi connectivity index (χ4n) is 1.48. The maximum atomic E-state index is 4.16. The maximum Gasteiger partial charge on any atom is 0.134 e. The predicted octanol–water partition coefficient (Wildman–Crippen LogP) is 2.84. The Hall–Kier alpha value is -2.82. The van der Waals surface area contributed by atoms with E-state index in [2.05, 4.69) is 38.6 Å². The zero-order chi connectivity index (χ0) is 13.5. The van der Waals surface area contributed by atoms with Crippen molar-refractivity contribution in [3.05, 3.63) is 61.3 Å². The quantitative estimate of drug-likeness (QED) is 0.655. The Morgan fingerprint density at radius 1 is 1.26 bits per heavy atom. The summed E-state index contributed by atoms with van der Waals surface area (Å²) in [6.45, 7) is 7.15. The minimum Gasteiger partial charge on any atom is -0.340 e. The van der Waals surface area contributed by atoms with Gasteiger partial charge in [0, 0.05) is 24.1 Å². The summed E-state index contributed by atoms with van der Waals surface area (Å²) in [7, 11) is 0. The van der Waals surface area contributed by atoms with E-state index >= 15 is 0 Å². The van der Waals surface area contributed by atoms with E-state index in [1.165, 1.54) is 6.33 Å². The summed E-state index contributed by atoms with van der Waals surface area (Å²) in [4.78, 5) is 16.2. The first-order chi connectivity index (χ1) is 9.33. The van der Waals surface area contributed by atoms with Crippen molar-refractivity contribution in [2.24, 2.45) is 4.99 Å². The minimum absolute atomic E-state index is 0.648. The lowest BCUT2D eigenvalue weighted by Gasteiger charge is -2.06. The molecule has 2 aromatic heterocycles. The highest BCUT2D eigenvalue weighted by atomic mass is 15.0. The topological polar surface area (TPSA) is 63.1 Å². The van der Waals surface area contributed by atoms with Gasteiger partial charge in [-0.2, -0.15) is 0 Å². The smallest absolute Gasteiger partial charge is 0.134 e. The number of nitrogens with zero attached hydrogens (tertiary/aromatic N) is 4. The van der Waals surface area contributed by atoms with Crippen molar-refractivity contribution in [3.8, 4) is 0 Å². The van der Waals surface area contributed by atoms with Gasteiger partial charge in [-0.3, -0.25) is 9.98 Å². The third-order valence-electron chi connectivity index (χ3n) is 2.33. The van der Waals surface area contributed by atoms with Crippen molar-refractivity contribution < 1.29 is 0 Å². The van der Waals surface area contributed by atoms with Crippen LogP contribution in [0.15, 0.2) is 60.6 Å². The van der Waals surface area contributed by atoms with Crippen molar-refractivity contribution in [1.82, 2.24) is 15.0 Å². The van der Waals surface area contributed by atoms with Crippen LogP contribution in [0.4, 0.5) is 11.5 Å². The third kappa shape index (κ3) is 3.32. The third-order valence-corrected chi connectivity index (χ3v) is 2.33. The molecule has 0 unspecified atom stereocenters. The van der Waals surface area contributed by atoms with Gasteiger partial charge in [0.1, 0.15) is 12.1 Å². The van der Waals surface area contributed by atoms with Crippen LogP contribution in [0.25, 0.3) is 5.70 Å². The number of aliphatic imine (C=N–C) groups is 1. The van der Waals surface area contributed by atoms with Gasteiger partial charge in [-0.25, -0.2) is 9.97 Å². The number of nitrogens with one attached hydrogen (secondary N) is 1. The Morgan fingerprint density at radius 3 is 2.74 bits per heavy atom. The second-order valence-electron chi connectivity index (χ2n) is 3.60. The molecular weight excluding hydrogens is 238 g/mol. The van der Waals surface area contributed by atoms with Crippen molar-refractivity contribution in [1.29, 1.82) is 0 Å². The van der Waals surface area contributed by atoms with E-state index in [-0.39, 0.29) is 0 Å². The average molecular weight is 251 g/mol. The molecule has 2 aromatic rings. The number of pyridine rings is 1. The molecule has 5 nitrogen and oxygen atoms in total. The van der Waals surface area contributed by atoms with Gasteiger partial charge in [-0.1, -0.05) is 12.7 Å². The lowest BCUT2D eigenvalue weighted by atomic mass is 10.2. The van der Waals surface area contributed by atoms with Gasteiger partial charge in [0.05, 0.1) is 11.4 Å². The van der Waals surface area contributed by atoms with E-state index in [0.29, 0.717) is 17.2 Å². The highest BCUT2D eigenvalue weighted by molar-refractivity contribution is 5.69. The van der Waals surface area contributed by atoms with Crippen molar-refractivity contribution in [3.63, 3.8) is 0 Å². The van der Waals surface area contributed by atoms with Crippen LogP contribution < -0.4 is 5.32 Å². The molecule has 1 N–H and O–H groups in total. The molecule has 0 atom stereocenters. The molecule has 0 aromatic carbocycles. The number of anilines is 2. The van der Waals surface area contributed by atoms with Gasteiger partial charge in [0.2, 0.25) is 0 Å². The van der Waals surface area contributed by atoms with Gasteiger partial charge >= 0.3 is 0 Å². The predicted molar refractivity (Wildman–Crippen MR) is 77.3 cm³/mol. The van der Waals surface area contributed by atoms with Crippen LogP contribution in [0.2, 0.25) is 0 Å². The summed E-state index contributed by atoms with van der Waals surface area (Å²) in [6.07, 6.45) is 8.27. The molecule has 0 saturated carbocycles. The van der Waals surface area contributed by atoms with Gasteiger partial charge in [0.25, 0.3) is 0 Å². The van der Waals surface area contributed by atoms with Gasteiger partial charge in [-0.15, -0.1) is 0 Å². The minimum atomic E-state index is 0.648. The van der Waals surface area contributed by atoms with Crippen molar-refractivity contribution in [2.75, 3.05) is 5.32 Å². The normalized spacial score (nSPS) is 10.8. The average Bonchev–Trinajstić information content (AvgIpc) is 2.46. The first-order valence-electron chi connectivity index (χ1n) is 5.62. The molecule has 0 saturated heterocycles. The Morgan fingerprint density at radius 2 is 2.05 bits per heavy atom. The highest BCUT2D eigenvalue weighted by Crippen LogP contribution is 2.18. The van der Waals surface area contributed by atoms with Crippen LogP contribution in [0, 0.1) is 0 Å². The Kier molecular flexibility index (Phi) is 4.12. The Labute approximate surface area is 111 Å². The summed E-state index contributed by atoms with van der Waals surface area (Å²) in [6, 6.07) is 5.51. The second kappa shape index (κ2) is 6.20. The lowest BCUT2D eigenvalue weighted by molar-refractivity contribution is 1.13. The van der Waals surface area contributed by atoms with E-state index in [9.17, 15) is 0 Å². The molecule has 0 spiro atoms. The van der Waals surface area contributed by atoms with Crippen LogP contribution in [0.5, 0.6) is 0 Å². The van der Waals surface area contributed by atoms with Crippen LogP contribution in [0.1, 0.15) is 5.69 Å². The molecule has 94 valence electrons. The van der Waals surface area contributed by atoms with Crippen molar-refractivity contribution >= 4 is 23.9 Å². The fraction of sp³-hybridized carbons (Fsp3) is 0. The summed E-state index contributed by atoms with van der Waals surface area (Å²) in [5.74, 6) is 0.676. The molecule has 0 aliphatic heterocycles. The summed E-state index contributed by atoms with van der Waals surface area (Å²) in [5.41, 5.74) is 2.23. The fourth-order valence-corrected chi connectivity index (χ4v) is 1.48. The van der Waals surface area contributed by atoms with E-state index in [1.54, 1.807) is 30.6 Å². The number of hydrogen-bond donors (Lipinski definition) is 1. The first-order valence-corrected chi connectivity index (χ1v) is 5.62. The largest absolute Gasteiger partial charge is 0.340 e. The highest BCUT2D eigenvalue weighted by Gasteiger charge is 2.03. The lowest BCUT2D eigenvalue weighted by Crippen LogP contribution is -1.96. The summed E-state index contributed by atoms with van der Waals surface area (Å²) < 4.78 is 0. The first kappa shape index (κ1) is 12.6. The van der Waals surface area contributed by atoms with Crippen LogP contribution in [-0.4, -0.2) is 21.7 Å². The molecular formula is C14H13N5. The zero-order valence-electron chi connectivity index (χ0n) is 10.3. The molecule has 0 amide bonds. The number of rotatable bonds is 5. The molecule has 0 bridgehead atoms. The Balaban J connectivity index is 2.27. The van der Waals surface area contributed by atoms with E-state index in [1.807, 2.05) is 12.1 Å². The van der Waals surface area contributed by atoms with E-state index in [0.717, 1.165) is 5.69 Å². The van der Waals surface area contributed by atoms with Crippen molar-refractivity contribution in [2.45, 2.75) is 0 Å². The summed E-state index contributed by atoms with van der Waals surface area (Å²) >= 11 is 0. The number of hydrogen-bond acceptors (Lipinski definition) is 5. The van der Waals surface area contributed by atoms with Crippen LogP contribution in [0.3, 0.4) is 0 Å². The molecule has 0 aliphatic rings. The standard InChI is InChI=1S/C14H13N5/c1-3-4-12(15-2)13-9-14(18-10-17-13)19-11-5-7-16-8-6-11/h3-10H,1-2H2,(H,16,17,18,19)/b12-4-. The van der Waals surface area contributed by atoms with E-state index < -0.39 is 0 Å². The van der Waals surface area contributed by atoms with Gasteiger partial charge in [0.15, 0.2) is 0 Å². The van der Waals surface area contributed by atoms with Gasteiger partial charge in [-0.05, 0) is 24.9 Å². The Bertz CT molecular complexity index is 604. The zero-order valence-corrected chi connectivity index (χ0v) is 10.3. The number of allylic oxidation sites excluding steroid dienone is 2. The maximum absolute atomic E-state index is 4.16. The molecule has 2 heterocycles.